The highest BCUT2D eigenvalue weighted by atomic mass is 16.5. The highest BCUT2D eigenvalue weighted by Gasteiger charge is 1.99. The van der Waals surface area contributed by atoms with Gasteiger partial charge in [-0.25, -0.2) is 4.79 Å². The lowest BCUT2D eigenvalue weighted by Crippen LogP contribution is -2.02. The van der Waals surface area contributed by atoms with Crippen LogP contribution in [-0.2, 0) is 9.53 Å². The van der Waals surface area contributed by atoms with Gasteiger partial charge in [0.25, 0.3) is 0 Å². The third-order valence-electron chi connectivity index (χ3n) is 5.19. The fourth-order valence-corrected chi connectivity index (χ4v) is 3.21. The van der Waals surface area contributed by atoms with Gasteiger partial charge in [-0.3, -0.25) is 0 Å². The molecule has 0 unspecified atom stereocenters. The van der Waals surface area contributed by atoms with Gasteiger partial charge >= 0.3 is 5.97 Å². The Balaban J connectivity index is 1.61. The molecule has 2 rings (SSSR count). The number of carbonyl (C=O) groups is 1. The number of azo groups is 1. The first-order chi connectivity index (χ1) is 16.7. The zero-order valence-electron chi connectivity index (χ0n) is 20.4. The van der Waals surface area contributed by atoms with Crippen LogP contribution in [0.1, 0.15) is 64.7 Å². The van der Waals surface area contributed by atoms with E-state index in [1.54, 1.807) is 0 Å². The molecule has 0 atom stereocenters. The Labute approximate surface area is 204 Å². The van der Waals surface area contributed by atoms with E-state index in [2.05, 4.69) is 23.7 Å². The van der Waals surface area contributed by atoms with Gasteiger partial charge in [0, 0.05) is 6.08 Å². The standard InChI is InChI=1S/C28H38N2O4/c1-3-5-6-7-10-21-32-26-17-13-24(14-18-26)29-30-25-15-19-27(20-16-25)33-22-11-8-9-12-23-34-28(31)4-2/h4,13-20H,2-3,5-12,21-23H2,1H3. The molecule has 0 saturated carbocycles. The summed E-state index contributed by atoms with van der Waals surface area (Å²) in [7, 11) is 0. The van der Waals surface area contributed by atoms with Crippen LogP contribution in [0.3, 0.4) is 0 Å². The smallest absolute Gasteiger partial charge is 0.330 e. The number of ether oxygens (including phenoxy) is 3. The van der Waals surface area contributed by atoms with Crippen molar-refractivity contribution < 1.29 is 19.0 Å². The molecule has 0 heterocycles. The Morgan fingerprint density at radius 3 is 1.59 bits per heavy atom. The van der Waals surface area contributed by atoms with E-state index in [4.69, 9.17) is 14.2 Å². The molecule has 0 saturated heterocycles. The van der Waals surface area contributed by atoms with Gasteiger partial charge in [0.15, 0.2) is 0 Å². The molecule has 2 aromatic rings. The van der Waals surface area contributed by atoms with Crippen molar-refractivity contribution >= 4 is 17.3 Å². The van der Waals surface area contributed by atoms with Crippen molar-refractivity contribution in [2.45, 2.75) is 64.7 Å². The minimum atomic E-state index is -0.363. The van der Waals surface area contributed by atoms with Gasteiger partial charge in [-0.05, 0) is 80.6 Å². The molecule has 0 aliphatic rings. The van der Waals surface area contributed by atoms with Crippen LogP contribution in [0.4, 0.5) is 11.4 Å². The maximum Gasteiger partial charge on any atom is 0.330 e. The molecule has 34 heavy (non-hydrogen) atoms. The highest BCUT2D eigenvalue weighted by Crippen LogP contribution is 2.23. The van der Waals surface area contributed by atoms with Gasteiger partial charge in [0.2, 0.25) is 0 Å². The summed E-state index contributed by atoms with van der Waals surface area (Å²) in [6, 6.07) is 15.3. The molecule has 0 fully saturated rings. The lowest BCUT2D eigenvalue weighted by Gasteiger charge is -2.06. The molecule has 0 aromatic heterocycles. The SMILES string of the molecule is C=CC(=O)OCCCCCCOc1ccc(N=Nc2ccc(OCCCCCCC)cc2)cc1. The van der Waals surface area contributed by atoms with Crippen molar-refractivity contribution in [2.24, 2.45) is 10.2 Å². The normalized spacial score (nSPS) is 10.9. The van der Waals surface area contributed by atoms with E-state index in [1.807, 2.05) is 48.5 Å². The first-order valence-electron chi connectivity index (χ1n) is 12.4. The van der Waals surface area contributed by atoms with Gasteiger partial charge in [0.1, 0.15) is 11.5 Å². The lowest BCUT2D eigenvalue weighted by molar-refractivity contribution is -0.137. The third kappa shape index (κ3) is 12.2. The number of rotatable bonds is 18. The summed E-state index contributed by atoms with van der Waals surface area (Å²) in [5.41, 5.74) is 1.56. The quantitative estimate of drug-likeness (QED) is 0.0962. The van der Waals surface area contributed by atoms with Crippen molar-refractivity contribution in [3.63, 3.8) is 0 Å². The third-order valence-corrected chi connectivity index (χ3v) is 5.19. The zero-order valence-corrected chi connectivity index (χ0v) is 20.4. The van der Waals surface area contributed by atoms with E-state index in [9.17, 15) is 4.79 Å². The Kier molecular flexibility index (Phi) is 13.8. The summed E-state index contributed by atoms with van der Waals surface area (Å²) >= 11 is 0. The van der Waals surface area contributed by atoms with Crippen molar-refractivity contribution in [1.82, 2.24) is 0 Å². The molecule has 6 nitrogen and oxygen atoms in total. The zero-order chi connectivity index (χ0) is 24.3. The van der Waals surface area contributed by atoms with Crippen molar-refractivity contribution in [1.29, 1.82) is 0 Å². The highest BCUT2D eigenvalue weighted by molar-refractivity contribution is 5.81. The average molecular weight is 467 g/mol. The molecule has 0 aliphatic carbocycles. The number of hydrogen-bond acceptors (Lipinski definition) is 6. The second-order valence-corrected chi connectivity index (χ2v) is 8.08. The number of nitrogens with zero attached hydrogens (tertiary/aromatic N) is 2. The molecule has 2 aromatic carbocycles. The summed E-state index contributed by atoms with van der Waals surface area (Å²) in [6.07, 6.45) is 11.2. The predicted molar refractivity (Wildman–Crippen MR) is 136 cm³/mol. The second-order valence-electron chi connectivity index (χ2n) is 8.08. The predicted octanol–water partition coefficient (Wildman–Crippen LogP) is 8.12. The van der Waals surface area contributed by atoms with Crippen LogP contribution >= 0.6 is 0 Å². The number of benzene rings is 2. The Bertz CT molecular complexity index is 848. The number of hydrogen-bond donors (Lipinski definition) is 0. The minimum Gasteiger partial charge on any atom is -0.494 e. The molecule has 0 bridgehead atoms. The van der Waals surface area contributed by atoms with Gasteiger partial charge in [-0.1, -0.05) is 39.2 Å². The Morgan fingerprint density at radius 1 is 0.706 bits per heavy atom. The molecule has 0 spiro atoms. The van der Waals surface area contributed by atoms with Gasteiger partial charge in [-0.15, -0.1) is 0 Å². The maximum atomic E-state index is 10.9. The van der Waals surface area contributed by atoms with Crippen molar-refractivity contribution in [3.8, 4) is 11.5 Å². The van der Waals surface area contributed by atoms with Crippen LogP contribution in [0.5, 0.6) is 11.5 Å². The first-order valence-corrected chi connectivity index (χ1v) is 12.4. The lowest BCUT2D eigenvalue weighted by atomic mass is 10.2. The largest absolute Gasteiger partial charge is 0.494 e. The maximum absolute atomic E-state index is 10.9. The minimum absolute atomic E-state index is 0.363. The van der Waals surface area contributed by atoms with Crippen molar-refractivity contribution in [3.05, 3.63) is 61.2 Å². The summed E-state index contributed by atoms with van der Waals surface area (Å²) < 4.78 is 16.5. The summed E-state index contributed by atoms with van der Waals surface area (Å²) in [6.45, 7) is 7.45. The molecule has 0 N–H and O–H groups in total. The summed E-state index contributed by atoms with van der Waals surface area (Å²) in [5.74, 6) is 1.32. The van der Waals surface area contributed by atoms with E-state index in [0.29, 0.717) is 13.2 Å². The van der Waals surface area contributed by atoms with Crippen LogP contribution in [0.2, 0.25) is 0 Å². The fraction of sp³-hybridized carbons (Fsp3) is 0.464. The van der Waals surface area contributed by atoms with Crippen LogP contribution in [0.25, 0.3) is 0 Å². The Morgan fingerprint density at radius 2 is 1.15 bits per heavy atom. The second kappa shape index (κ2) is 17.3. The van der Waals surface area contributed by atoms with E-state index in [-0.39, 0.29) is 5.97 Å². The monoisotopic (exact) mass is 466 g/mol. The number of carbonyl (C=O) groups excluding carboxylic acids is 1. The number of esters is 1. The molecular weight excluding hydrogens is 428 g/mol. The van der Waals surface area contributed by atoms with Gasteiger partial charge in [0.05, 0.1) is 31.2 Å². The first kappa shape index (κ1) is 27.1. The summed E-state index contributed by atoms with van der Waals surface area (Å²) in [5, 5.41) is 8.59. The van der Waals surface area contributed by atoms with Gasteiger partial charge in [-0.2, -0.15) is 10.2 Å². The number of unbranched alkanes of at least 4 members (excludes halogenated alkanes) is 7. The molecular formula is C28H38N2O4. The van der Waals surface area contributed by atoms with Crippen LogP contribution in [0, 0.1) is 0 Å². The van der Waals surface area contributed by atoms with Crippen LogP contribution < -0.4 is 9.47 Å². The molecule has 184 valence electrons. The van der Waals surface area contributed by atoms with Gasteiger partial charge < -0.3 is 14.2 Å². The fourth-order valence-electron chi connectivity index (χ4n) is 3.21. The topological polar surface area (TPSA) is 69.5 Å². The Hall–Kier alpha value is -3.15. The van der Waals surface area contributed by atoms with Crippen LogP contribution in [-0.4, -0.2) is 25.8 Å². The summed E-state index contributed by atoms with van der Waals surface area (Å²) in [4.78, 5) is 10.9. The van der Waals surface area contributed by atoms with E-state index in [1.165, 1.54) is 31.8 Å². The van der Waals surface area contributed by atoms with Crippen molar-refractivity contribution in [2.75, 3.05) is 19.8 Å². The van der Waals surface area contributed by atoms with Crippen LogP contribution in [0.15, 0.2) is 71.4 Å². The molecule has 0 amide bonds. The average Bonchev–Trinajstić information content (AvgIpc) is 2.87. The van der Waals surface area contributed by atoms with E-state index in [0.717, 1.165) is 61.6 Å². The molecule has 6 heteroatoms. The van der Waals surface area contributed by atoms with E-state index >= 15 is 0 Å². The van der Waals surface area contributed by atoms with E-state index < -0.39 is 0 Å². The molecule has 0 aliphatic heterocycles. The molecule has 0 radical (unpaired) electrons.